The van der Waals surface area contributed by atoms with Gasteiger partial charge in [0.1, 0.15) is 23.4 Å². The van der Waals surface area contributed by atoms with Crippen molar-refractivity contribution in [2.24, 2.45) is 40.9 Å². The van der Waals surface area contributed by atoms with Gasteiger partial charge in [-0.2, -0.15) is 0 Å². The summed E-state index contributed by atoms with van der Waals surface area (Å²) in [6, 6.07) is -0.150. The van der Waals surface area contributed by atoms with Crippen molar-refractivity contribution >= 4 is 11.9 Å². The van der Waals surface area contributed by atoms with E-state index >= 15 is 0 Å². The Morgan fingerprint density at radius 3 is 2.49 bits per heavy atom. The zero-order valence-electron chi connectivity index (χ0n) is 25.0. The van der Waals surface area contributed by atoms with Gasteiger partial charge in [0.2, 0.25) is 0 Å². The van der Waals surface area contributed by atoms with Crippen molar-refractivity contribution < 1.29 is 39.5 Å². The van der Waals surface area contributed by atoms with Crippen molar-refractivity contribution in [1.29, 1.82) is 0 Å². The summed E-state index contributed by atoms with van der Waals surface area (Å²) in [5, 5.41) is 48.9. The van der Waals surface area contributed by atoms with Crippen LogP contribution in [-0.2, 0) is 19.1 Å². The number of nitrogens with zero attached hydrogens (tertiary/aromatic N) is 1. The lowest BCUT2D eigenvalue weighted by Gasteiger charge is -2.64. The Hall–Kier alpha value is -1.52. The molecule has 9 nitrogen and oxygen atoms in total. The van der Waals surface area contributed by atoms with Crippen LogP contribution in [0.15, 0.2) is 11.6 Å². The Morgan fingerprint density at radius 1 is 1.07 bits per heavy atom. The molecule has 0 amide bonds. The first kappa shape index (κ1) is 28.3. The fourth-order valence-corrected chi connectivity index (χ4v) is 11.8. The third kappa shape index (κ3) is 3.20. The van der Waals surface area contributed by atoms with E-state index in [0.717, 1.165) is 19.4 Å². The van der Waals surface area contributed by atoms with Gasteiger partial charge in [0, 0.05) is 47.9 Å². The van der Waals surface area contributed by atoms with Crippen LogP contribution in [0.25, 0.3) is 0 Å². The molecular weight excluding hydrogens is 526 g/mol. The zero-order valence-corrected chi connectivity index (χ0v) is 25.0. The van der Waals surface area contributed by atoms with Gasteiger partial charge in [-0.1, -0.05) is 19.9 Å². The summed E-state index contributed by atoms with van der Waals surface area (Å²) < 4.78 is 12.4. The standard InChI is InChI=1S/C32H47NO8/c1-6-17(3)26(35)40-24-23-18(15-33-14-16(2)7-10-22(33)29(23,5)37)19-13-31-21(32(19,39)25(24)34)9-8-20-28(31,4)11-12-30(20,38)27(36)41-31/h6,16,18-25,34,37-39H,7-15H2,1-5H3/b17-6-/t16-,18-,19+,20-,21+,22-,23+,24+,25-,28-,29+,30-,31+,32-/m0/s1. The SMILES string of the molecule is C/C=C(/C)C(=O)O[C@@H]1[C@H]2[C@@H](CN3C[C@@H](C)CC[C@H]3[C@@]2(C)O)[C@H]2C[C@]34OC(=O)[C@]5(O)CC[C@@]3(C)[C@@H]5CC[C@H]4[C@]2(O)[C@H]1O. The summed E-state index contributed by atoms with van der Waals surface area (Å²) in [6.07, 6.45) is 3.20. The second-order valence-electron chi connectivity index (χ2n) is 15.4. The lowest BCUT2D eigenvalue weighted by atomic mass is 9.50. The predicted octanol–water partition coefficient (Wildman–Crippen LogP) is 1.94. The van der Waals surface area contributed by atoms with Gasteiger partial charge in [-0.15, -0.1) is 0 Å². The highest BCUT2D eigenvalue weighted by molar-refractivity contribution is 5.87. The number of piperidine rings is 2. The maximum absolute atomic E-state index is 13.4. The molecule has 7 rings (SSSR count). The molecule has 0 radical (unpaired) electrons. The molecule has 3 saturated heterocycles. The third-order valence-corrected chi connectivity index (χ3v) is 13.8. The van der Waals surface area contributed by atoms with E-state index in [1.54, 1.807) is 19.9 Å². The molecule has 4 N–H and O–H groups in total. The first-order valence-electron chi connectivity index (χ1n) is 15.8. The van der Waals surface area contributed by atoms with E-state index in [4.69, 9.17) is 9.47 Å². The molecular formula is C32H47NO8. The Labute approximate surface area is 242 Å². The maximum Gasteiger partial charge on any atom is 0.339 e. The quantitative estimate of drug-likeness (QED) is 0.289. The summed E-state index contributed by atoms with van der Waals surface area (Å²) in [7, 11) is 0. The Kier molecular flexibility index (Phi) is 5.90. The van der Waals surface area contributed by atoms with Gasteiger partial charge in [0.25, 0.3) is 0 Å². The van der Waals surface area contributed by atoms with Gasteiger partial charge in [-0.25, -0.2) is 9.59 Å². The summed E-state index contributed by atoms with van der Waals surface area (Å²) in [6.45, 7) is 11.0. The van der Waals surface area contributed by atoms with Crippen molar-refractivity contribution in [3.8, 4) is 0 Å². The highest BCUT2D eigenvalue weighted by atomic mass is 16.6. The first-order chi connectivity index (χ1) is 19.2. The molecule has 0 unspecified atom stereocenters. The van der Waals surface area contributed by atoms with Gasteiger partial charge in [0.05, 0.1) is 5.60 Å². The van der Waals surface area contributed by atoms with Crippen LogP contribution < -0.4 is 0 Å². The number of rotatable bonds is 2. The van der Waals surface area contributed by atoms with Crippen LogP contribution in [0, 0.1) is 40.9 Å². The fourth-order valence-electron chi connectivity index (χ4n) is 11.8. The minimum atomic E-state index is -1.69. The van der Waals surface area contributed by atoms with E-state index < -0.39 is 69.7 Å². The van der Waals surface area contributed by atoms with Crippen molar-refractivity contribution in [1.82, 2.24) is 4.90 Å². The van der Waals surface area contributed by atoms with Crippen LogP contribution in [0.4, 0.5) is 0 Å². The van der Waals surface area contributed by atoms with Gasteiger partial charge in [0.15, 0.2) is 5.60 Å². The van der Waals surface area contributed by atoms with E-state index in [1.165, 1.54) is 0 Å². The maximum atomic E-state index is 13.4. The molecule has 4 aliphatic carbocycles. The summed E-state index contributed by atoms with van der Waals surface area (Å²) in [5.74, 6) is -2.93. The molecule has 9 heteroatoms. The normalized spacial score (nSPS) is 57.6. The number of aliphatic hydroxyl groups is 4. The number of hydrogen-bond acceptors (Lipinski definition) is 9. The number of allylic oxidation sites excluding steroid dienone is 1. The molecule has 0 aromatic rings. The number of carbonyl (C=O) groups is 2. The Morgan fingerprint density at radius 2 is 1.78 bits per heavy atom. The molecule has 7 aliphatic rings. The molecule has 4 saturated carbocycles. The van der Waals surface area contributed by atoms with Crippen molar-refractivity contribution in [2.45, 2.75) is 120 Å². The summed E-state index contributed by atoms with van der Waals surface area (Å²) >= 11 is 0. The van der Waals surface area contributed by atoms with Crippen LogP contribution in [0.3, 0.4) is 0 Å². The molecule has 1 spiro atoms. The second kappa shape index (κ2) is 8.56. The average Bonchev–Trinajstić information content (AvgIpc) is 3.32. The van der Waals surface area contributed by atoms with Crippen LogP contribution in [0.1, 0.15) is 79.6 Å². The number of carbonyl (C=O) groups excluding carboxylic acids is 2. The predicted molar refractivity (Wildman–Crippen MR) is 147 cm³/mol. The lowest BCUT2D eigenvalue weighted by molar-refractivity contribution is -0.295. The summed E-state index contributed by atoms with van der Waals surface area (Å²) in [5.41, 5.74) is -5.67. The third-order valence-electron chi connectivity index (χ3n) is 13.8. The fraction of sp³-hybridized carbons (Fsp3) is 0.875. The number of fused-ring (bicyclic) bond motifs is 5. The number of esters is 2. The molecule has 14 atom stereocenters. The molecule has 3 heterocycles. The van der Waals surface area contributed by atoms with E-state index in [9.17, 15) is 30.0 Å². The second-order valence-corrected chi connectivity index (χ2v) is 15.4. The largest absolute Gasteiger partial charge is 0.456 e. The molecule has 0 aromatic carbocycles. The van der Waals surface area contributed by atoms with Gasteiger partial charge in [-0.05, 0) is 83.5 Å². The number of hydrogen-bond donors (Lipinski definition) is 4. The van der Waals surface area contributed by atoms with Crippen molar-refractivity contribution in [3.05, 3.63) is 11.6 Å². The summed E-state index contributed by atoms with van der Waals surface area (Å²) in [4.78, 5) is 29.0. The Balaban J connectivity index is 1.37. The number of ether oxygens (including phenoxy) is 2. The molecule has 41 heavy (non-hydrogen) atoms. The van der Waals surface area contributed by atoms with Crippen LogP contribution in [0.2, 0.25) is 0 Å². The van der Waals surface area contributed by atoms with Gasteiger partial charge < -0.3 is 29.9 Å². The van der Waals surface area contributed by atoms with E-state index in [1.807, 2.05) is 6.92 Å². The topological polar surface area (TPSA) is 137 Å². The Bertz CT molecular complexity index is 1200. The average molecular weight is 574 g/mol. The van der Waals surface area contributed by atoms with Crippen molar-refractivity contribution in [2.75, 3.05) is 13.1 Å². The first-order valence-corrected chi connectivity index (χ1v) is 15.8. The van der Waals surface area contributed by atoms with Crippen molar-refractivity contribution in [3.63, 3.8) is 0 Å². The lowest BCUT2D eigenvalue weighted by Crippen LogP contribution is -2.77. The van der Waals surface area contributed by atoms with Crippen LogP contribution in [0.5, 0.6) is 0 Å². The molecule has 228 valence electrons. The molecule has 7 fully saturated rings. The van der Waals surface area contributed by atoms with E-state index in [0.29, 0.717) is 50.1 Å². The van der Waals surface area contributed by atoms with E-state index in [2.05, 4.69) is 18.7 Å². The molecule has 0 aromatic heterocycles. The number of aliphatic hydroxyl groups excluding tert-OH is 1. The van der Waals surface area contributed by atoms with Gasteiger partial charge in [-0.3, -0.25) is 4.90 Å². The monoisotopic (exact) mass is 573 g/mol. The molecule has 3 aliphatic heterocycles. The zero-order chi connectivity index (χ0) is 29.5. The van der Waals surface area contributed by atoms with Gasteiger partial charge >= 0.3 is 11.9 Å². The van der Waals surface area contributed by atoms with Crippen LogP contribution >= 0.6 is 0 Å². The smallest absolute Gasteiger partial charge is 0.339 e. The van der Waals surface area contributed by atoms with Crippen LogP contribution in [-0.4, -0.2) is 91.0 Å². The highest BCUT2D eigenvalue weighted by Crippen LogP contribution is 2.75. The molecule has 4 bridgehead atoms. The van der Waals surface area contributed by atoms with E-state index in [-0.39, 0.29) is 17.9 Å². The highest BCUT2D eigenvalue weighted by Gasteiger charge is 2.84. The minimum Gasteiger partial charge on any atom is -0.456 e. The minimum absolute atomic E-state index is 0.150.